The van der Waals surface area contributed by atoms with Crippen molar-refractivity contribution >= 4 is 9.84 Å². The molecule has 3 nitrogen and oxygen atoms in total. The molecule has 4 heteroatoms. The van der Waals surface area contributed by atoms with E-state index in [1.807, 2.05) is 0 Å². The van der Waals surface area contributed by atoms with E-state index in [9.17, 15) is 8.42 Å². The van der Waals surface area contributed by atoms with E-state index in [1.54, 1.807) is 20.8 Å². The maximum Gasteiger partial charge on any atom is 0.155 e. The maximum absolute atomic E-state index is 11.8. The average molecular weight is 249 g/mol. The third-order valence-corrected chi connectivity index (χ3v) is 5.68. The Kier molecular flexibility index (Phi) is 5.98. The Morgan fingerprint density at radius 1 is 1.12 bits per heavy atom. The highest BCUT2D eigenvalue weighted by Gasteiger charge is 2.27. The van der Waals surface area contributed by atoms with E-state index in [4.69, 9.17) is 5.73 Å². The Bertz CT molecular complexity index is 289. The van der Waals surface area contributed by atoms with E-state index in [2.05, 4.69) is 13.8 Å². The first-order chi connectivity index (χ1) is 7.08. The van der Waals surface area contributed by atoms with E-state index in [-0.39, 0.29) is 11.8 Å². The summed E-state index contributed by atoms with van der Waals surface area (Å²) in [6.07, 6.45) is 2.53. The van der Waals surface area contributed by atoms with Crippen LogP contribution in [0.2, 0.25) is 0 Å². The van der Waals surface area contributed by atoms with Crippen LogP contribution in [-0.4, -0.2) is 25.0 Å². The van der Waals surface area contributed by atoms with Crippen LogP contribution < -0.4 is 5.73 Å². The van der Waals surface area contributed by atoms with Crippen molar-refractivity contribution in [1.82, 2.24) is 0 Å². The van der Waals surface area contributed by atoms with E-state index in [0.29, 0.717) is 5.92 Å². The lowest BCUT2D eigenvalue weighted by molar-refractivity contribution is 0.449. The van der Waals surface area contributed by atoms with Crippen LogP contribution in [0.15, 0.2) is 0 Å². The van der Waals surface area contributed by atoms with E-state index in [1.165, 1.54) is 0 Å². The van der Waals surface area contributed by atoms with Crippen molar-refractivity contribution in [1.29, 1.82) is 0 Å². The Balaban J connectivity index is 3.93. The molecule has 0 saturated carbocycles. The molecular weight excluding hydrogens is 222 g/mol. The number of nitrogens with two attached hydrogens (primary N) is 1. The SMILES string of the molecule is CC(C)C(N)CCCCS(=O)(=O)C(C)(C)C. The summed E-state index contributed by atoms with van der Waals surface area (Å²) in [5, 5.41) is 0. The number of sulfone groups is 1. The molecule has 0 heterocycles. The minimum absolute atomic E-state index is 0.192. The molecule has 2 N–H and O–H groups in total. The molecule has 0 aromatic heterocycles. The molecule has 0 spiro atoms. The zero-order valence-electron chi connectivity index (χ0n) is 11.3. The summed E-state index contributed by atoms with van der Waals surface area (Å²) < 4.78 is 23.0. The molecule has 0 amide bonds. The molecule has 98 valence electrons. The van der Waals surface area contributed by atoms with Crippen molar-refractivity contribution in [2.75, 3.05) is 5.75 Å². The highest BCUT2D eigenvalue weighted by Crippen LogP contribution is 2.18. The van der Waals surface area contributed by atoms with Gasteiger partial charge in [0.05, 0.1) is 10.5 Å². The summed E-state index contributed by atoms with van der Waals surface area (Å²) >= 11 is 0. The first-order valence-corrected chi connectivity index (χ1v) is 7.71. The zero-order chi connectivity index (χ0) is 13.0. The number of hydrogen-bond donors (Lipinski definition) is 1. The summed E-state index contributed by atoms with van der Waals surface area (Å²) in [6, 6.07) is 0.192. The van der Waals surface area contributed by atoms with E-state index < -0.39 is 14.6 Å². The van der Waals surface area contributed by atoms with Gasteiger partial charge < -0.3 is 5.73 Å². The first-order valence-electron chi connectivity index (χ1n) is 6.06. The summed E-state index contributed by atoms with van der Waals surface area (Å²) in [4.78, 5) is 0. The lowest BCUT2D eigenvalue weighted by Crippen LogP contribution is -2.31. The molecule has 0 aromatic carbocycles. The molecule has 0 fully saturated rings. The van der Waals surface area contributed by atoms with Crippen LogP contribution in [0.3, 0.4) is 0 Å². The van der Waals surface area contributed by atoms with Crippen LogP contribution in [-0.2, 0) is 9.84 Å². The predicted octanol–water partition coefficient (Wildman–Crippen LogP) is 2.35. The summed E-state index contributed by atoms with van der Waals surface area (Å²) in [7, 11) is -2.96. The molecule has 0 saturated heterocycles. The second-order valence-electron chi connectivity index (χ2n) is 5.83. The van der Waals surface area contributed by atoms with Crippen LogP contribution in [0, 0.1) is 5.92 Å². The maximum atomic E-state index is 11.8. The van der Waals surface area contributed by atoms with Gasteiger partial charge in [-0.25, -0.2) is 8.42 Å². The van der Waals surface area contributed by atoms with Gasteiger partial charge in [0.25, 0.3) is 0 Å². The highest BCUT2D eigenvalue weighted by molar-refractivity contribution is 7.92. The van der Waals surface area contributed by atoms with Gasteiger partial charge in [-0.05, 0) is 39.5 Å². The Morgan fingerprint density at radius 2 is 1.62 bits per heavy atom. The molecule has 0 aliphatic carbocycles. The fourth-order valence-electron chi connectivity index (χ4n) is 1.31. The van der Waals surface area contributed by atoms with Crippen molar-refractivity contribution < 1.29 is 8.42 Å². The monoisotopic (exact) mass is 249 g/mol. The van der Waals surface area contributed by atoms with Gasteiger partial charge in [0.15, 0.2) is 9.84 Å². The number of rotatable bonds is 6. The van der Waals surface area contributed by atoms with Crippen molar-refractivity contribution in [2.45, 2.75) is 64.7 Å². The van der Waals surface area contributed by atoms with Crippen molar-refractivity contribution in [3.63, 3.8) is 0 Å². The molecule has 1 unspecified atom stereocenters. The predicted molar refractivity (Wildman–Crippen MR) is 70.2 cm³/mol. The highest BCUT2D eigenvalue weighted by atomic mass is 32.2. The summed E-state index contributed by atoms with van der Waals surface area (Å²) in [6.45, 7) is 9.44. The topological polar surface area (TPSA) is 60.2 Å². The zero-order valence-corrected chi connectivity index (χ0v) is 12.1. The molecular formula is C12H27NO2S. The molecule has 1 atom stereocenters. The Morgan fingerprint density at radius 3 is 2.00 bits per heavy atom. The van der Waals surface area contributed by atoms with Gasteiger partial charge in [-0.15, -0.1) is 0 Å². The van der Waals surface area contributed by atoms with Crippen LogP contribution in [0.25, 0.3) is 0 Å². The standard InChI is InChI=1S/C12H27NO2S/c1-10(2)11(13)8-6-7-9-16(14,15)12(3,4)5/h10-11H,6-9,13H2,1-5H3. The van der Waals surface area contributed by atoms with Gasteiger partial charge in [0.2, 0.25) is 0 Å². The lowest BCUT2D eigenvalue weighted by atomic mass is 10.00. The minimum atomic E-state index is -2.96. The normalized spacial score (nSPS) is 15.4. The van der Waals surface area contributed by atoms with Crippen molar-refractivity contribution in [3.05, 3.63) is 0 Å². The fraction of sp³-hybridized carbons (Fsp3) is 1.00. The molecule has 0 aromatic rings. The Hall–Kier alpha value is -0.0900. The minimum Gasteiger partial charge on any atom is -0.327 e. The average Bonchev–Trinajstić information content (AvgIpc) is 2.09. The molecule has 0 radical (unpaired) electrons. The third kappa shape index (κ3) is 5.30. The van der Waals surface area contributed by atoms with Crippen molar-refractivity contribution in [3.8, 4) is 0 Å². The molecule has 0 aliphatic rings. The van der Waals surface area contributed by atoms with Crippen LogP contribution in [0.4, 0.5) is 0 Å². The van der Waals surface area contributed by atoms with Crippen LogP contribution >= 0.6 is 0 Å². The lowest BCUT2D eigenvalue weighted by Gasteiger charge is -2.19. The van der Waals surface area contributed by atoms with Gasteiger partial charge in [0, 0.05) is 6.04 Å². The Labute approximate surface area is 101 Å². The molecule has 0 bridgehead atoms. The molecule has 0 aliphatic heterocycles. The fourth-order valence-corrected chi connectivity index (χ4v) is 2.51. The second-order valence-corrected chi connectivity index (χ2v) is 8.70. The van der Waals surface area contributed by atoms with Crippen LogP contribution in [0.5, 0.6) is 0 Å². The number of hydrogen-bond acceptors (Lipinski definition) is 3. The van der Waals surface area contributed by atoms with Gasteiger partial charge in [-0.2, -0.15) is 0 Å². The first kappa shape index (κ1) is 15.9. The van der Waals surface area contributed by atoms with Gasteiger partial charge in [0.1, 0.15) is 0 Å². The number of unbranched alkanes of at least 4 members (excludes halogenated alkanes) is 1. The van der Waals surface area contributed by atoms with Gasteiger partial charge in [-0.1, -0.05) is 20.3 Å². The van der Waals surface area contributed by atoms with E-state index >= 15 is 0 Å². The molecule has 16 heavy (non-hydrogen) atoms. The van der Waals surface area contributed by atoms with Crippen LogP contribution in [0.1, 0.15) is 53.9 Å². The largest absolute Gasteiger partial charge is 0.327 e. The third-order valence-electron chi connectivity index (χ3n) is 2.99. The summed E-state index contributed by atoms with van der Waals surface area (Å²) in [5.41, 5.74) is 5.90. The smallest absolute Gasteiger partial charge is 0.155 e. The van der Waals surface area contributed by atoms with Gasteiger partial charge >= 0.3 is 0 Å². The molecule has 0 rings (SSSR count). The quantitative estimate of drug-likeness (QED) is 0.735. The van der Waals surface area contributed by atoms with Crippen molar-refractivity contribution in [2.24, 2.45) is 11.7 Å². The second kappa shape index (κ2) is 6.01. The van der Waals surface area contributed by atoms with Gasteiger partial charge in [-0.3, -0.25) is 0 Å². The van der Waals surface area contributed by atoms with E-state index in [0.717, 1.165) is 19.3 Å². The summed E-state index contributed by atoms with van der Waals surface area (Å²) in [5.74, 6) is 0.751.